The fraction of sp³-hybridized carbons (Fsp3) is 0.462. The van der Waals surface area contributed by atoms with E-state index in [4.69, 9.17) is 4.74 Å². The van der Waals surface area contributed by atoms with E-state index in [0.29, 0.717) is 36.9 Å². The monoisotopic (exact) mass is 437 g/mol. The zero-order valence-corrected chi connectivity index (χ0v) is 19.3. The summed E-state index contributed by atoms with van der Waals surface area (Å²) in [5, 5.41) is 2.99. The molecule has 1 fully saturated rings. The quantitative estimate of drug-likeness (QED) is 0.561. The molecule has 0 bridgehead atoms. The maximum Gasteiger partial charge on any atom is 0.322 e. The van der Waals surface area contributed by atoms with Gasteiger partial charge in [0.15, 0.2) is 0 Å². The average Bonchev–Trinajstić information content (AvgIpc) is 2.82. The molecule has 1 aliphatic rings. The molecule has 0 spiro atoms. The van der Waals surface area contributed by atoms with Crippen LogP contribution in [-0.2, 0) is 11.3 Å². The highest BCUT2D eigenvalue weighted by molar-refractivity contribution is 5.95. The number of unbranched alkanes of at least 4 members (excludes halogenated alkanes) is 1. The van der Waals surface area contributed by atoms with E-state index in [9.17, 15) is 9.59 Å². The van der Waals surface area contributed by atoms with E-state index in [-0.39, 0.29) is 11.9 Å². The Labute approximate surface area is 191 Å². The molecule has 172 valence electrons. The van der Waals surface area contributed by atoms with Crippen LogP contribution in [-0.4, -0.2) is 55.1 Å². The van der Waals surface area contributed by atoms with Crippen molar-refractivity contribution in [1.82, 2.24) is 9.80 Å². The normalized spacial score (nSPS) is 14.2. The van der Waals surface area contributed by atoms with Crippen LogP contribution < -0.4 is 5.32 Å². The van der Waals surface area contributed by atoms with E-state index < -0.39 is 0 Å². The van der Waals surface area contributed by atoms with Gasteiger partial charge in [-0.05, 0) is 61.4 Å². The second-order valence-corrected chi connectivity index (χ2v) is 8.59. The molecule has 0 aliphatic carbocycles. The molecular formula is C26H35N3O3. The molecule has 2 aromatic carbocycles. The largest absolute Gasteiger partial charge is 0.385 e. The minimum atomic E-state index is -0.143. The number of carbonyl (C=O) groups excluding carboxylic acids is 2. The zero-order chi connectivity index (χ0) is 22.8. The molecule has 3 rings (SSSR count). The van der Waals surface area contributed by atoms with Gasteiger partial charge in [-0.15, -0.1) is 0 Å². The number of ether oxygens (including phenoxy) is 1. The predicted octanol–water partition coefficient (Wildman–Crippen LogP) is 5.02. The van der Waals surface area contributed by atoms with Gasteiger partial charge in [-0.1, -0.05) is 37.3 Å². The number of carbonyl (C=O) groups is 2. The smallest absolute Gasteiger partial charge is 0.322 e. The second kappa shape index (κ2) is 12.2. The summed E-state index contributed by atoms with van der Waals surface area (Å²) in [7, 11) is 1.69. The first kappa shape index (κ1) is 23.8. The van der Waals surface area contributed by atoms with Gasteiger partial charge in [0.05, 0.1) is 0 Å². The maximum absolute atomic E-state index is 13.0. The Kier molecular flexibility index (Phi) is 9.11. The molecule has 0 radical (unpaired) electrons. The first-order valence-corrected chi connectivity index (χ1v) is 11.5. The van der Waals surface area contributed by atoms with Gasteiger partial charge in [0.25, 0.3) is 5.91 Å². The van der Waals surface area contributed by atoms with Crippen LogP contribution in [0.2, 0.25) is 0 Å². The number of likely N-dealkylation sites (tertiary alicyclic amines) is 1. The molecule has 1 saturated heterocycles. The number of hydrogen-bond donors (Lipinski definition) is 1. The maximum atomic E-state index is 13.0. The van der Waals surface area contributed by atoms with Crippen LogP contribution >= 0.6 is 0 Å². The number of urea groups is 1. The molecule has 6 heteroatoms. The summed E-state index contributed by atoms with van der Waals surface area (Å²) < 4.78 is 5.13. The highest BCUT2D eigenvalue weighted by Gasteiger charge is 2.21. The van der Waals surface area contributed by atoms with Crippen molar-refractivity contribution in [2.45, 2.75) is 39.2 Å². The van der Waals surface area contributed by atoms with Crippen molar-refractivity contribution in [2.24, 2.45) is 5.92 Å². The molecule has 1 aliphatic heterocycles. The van der Waals surface area contributed by atoms with Gasteiger partial charge in [-0.3, -0.25) is 4.79 Å². The summed E-state index contributed by atoms with van der Waals surface area (Å²) in [6.45, 7) is 5.74. The highest BCUT2D eigenvalue weighted by Crippen LogP contribution is 2.19. The topological polar surface area (TPSA) is 61.9 Å². The number of amides is 3. The third-order valence-corrected chi connectivity index (χ3v) is 5.98. The molecule has 6 nitrogen and oxygen atoms in total. The number of piperidine rings is 1. The third-order valence-electron chi connectivity index (χ3n) is 5.98. The zero-order valence-electron chi connectivity index (χ0n) is 19.3. The number of rotatable bonds is 9. The van der Waals surface area contributed by atoms with E-state index in [1.54, 1.807) is 19.2 Å². The molecule has 3 amide bonds. The summed E-state index contributed by atoms with van der Waals surface area (Å²) >= 11 is 0. The standard InChI is InChI=1S/C26H35N3O3/c1-21-14-17-28(18-15-21)25(30)23-10-12-24(13-11-23)27-26(31)29(16-6-7-19-32-2)20-22-8-4-3-5-9-22/h3-5,8-13,21H,6-7,14-20H2,1-2H3,(H,27,31). The Morgan fingerprint density at radius 2 is 1.72 bits per heavy atom. The van der Waals surface area contributed by atoms with Gasteiger partial charge in [0.2, 0.25) is 0 Å². The van der Waals surface area contributed by atoms with Crippen LogP contribution in [0.25, 0.3) is 0 Å². The average molecular weight is 438 g/mol. The number of hydrogen-bond acceptors (Lipinski definition) is 3. The van der Waals surface area contributed by atoms with Crippen molar-refractivity contribution in [3.8, 4) is 0 Å². The predicted molar refractivity (Wildman–Crippen MR) is 128 cm³/mol. The molecule has 0 atom stereocenters. The second-order valence-electron chi connectivity index (χ2n) is 8.59. The molecule has 2 aromatic rings. The first-order chi connectivity index (χ1) is 15.6. The van der Waals surface area contributed by atoms with Crippen molar-refractivity contribution in [1.29, 1.82) is 0 Å². The van der Waals surface area contributed by atoms with Crippen LogP contribution in [0.4, 0.5) is 10.5 Å². The summed E-state index contributed by atoms with van der Waals surface area (Å²) in [6, 6.07) is 17.1. The van der Waals surface area contributed by atoms with Gasteiger partial charge >= 0.3 is 6.03 Å². The van der Waals surface area contributed by atoms with Crippen molar-refractivity contribution in [3.05, 3.63) is 65.7 Å². The van der Waals surface area contributed by atoms with Gasteiger partial charge < -0.3 is 19.9 Å². The Hall–Kier alpha value is -2.86. The van der Waals surface area contributed by atoms with Crippen LogP contribution in [0.5, 0.6) is 0 Å². The highest BCUT2D eigenvalue weighted by atomic mass is 16.5. The summed E-state index contributed by atoms with van der Waals surface area (Å²) in [4.78, 5) is 29.5. The van der Waals surface area contributed by atoms with Gasteiger partial charge in [0, 0.05) is 51.1 Å². The van der Waals surface area contributed by atoms with Gasteiger partial charge in [0.1, 0.15) is 0 Å². The summed E-state index contributed by atoms with van der Waals surface area (Å²) in [5.41, 5.74) is 2.44. The lowest BCUT2D eigenvalue weighted by atomic mass is 9.98. The number of methoxy groups -OCH3 is 1. The van der Waals surface area contributed by atoms with Crippen molar-refractivity contribution < 1.29 is 14.3 Å². The Morgan fingerprint density at radius 3 is 2.38 bits per heavy atom. The van der Waals surface area contributed by atoms with Crippen LogP contribution in [0, 0.1) is 5.92 Å². The lowest BCUT2D eigenvalue weighted by Crippen LogP contribution is -2.38. The number of nitrogens with zero attached hydrogens (tertiary/aromatic N) is 2. The molecule has 1 N–H and O–H groups in total. The Morgan fingerprint density at radius 1 is 1.03 bits per heavy atom. The molecule has 32 heavy (non-hydrogen) atoms. The number of anilines is 1. The minimum absolute atomic E-state index is 0.0682. The van der Waals surface area contributed by atoms with Crippen molar-refractivity contribution in [2.75, 3.05) is 38.7 Å². The van der Waals surface area contributed by atoms with E-state index in [2.05, 4.69) is 12.2 Å². The fourth-order valence-electron chi connectivity index (χ4n) is 3.90. The summed E-state index contributed by atoms with van der Waals surface area (Å²) in [5.74, 6) is 0.753. The van der Waals surface area contributed by atoms with Gasteiger partial charge in [-0.25, -0.2) is 4.79 Å². The lowest BCUT2D eigenvalue weighted by Gasteiger charge is -2.30. The SMILES string of the molecule is COCCCCN(Cc1ccccc1)C(=O)Nc1ccc(C(=O)N2CCC(C)CC2)cc1. The Balaban J connectivity index is 1.59. The fourth-order valence-corrected chi connectivity index (χ4v) is 3.90. The van der Waals surface area contributed by atoms with E-state index >= 15 is 0 Å². The van der Waals surface area contributed by atoms with Gasteiger partial charge in [-0.2, -0.15) is 0 Å². The van der Waals surface area contributed by atoms with Crippen molar-refractivity contribution >= 4 is 17.6 Å². The van der Waals surface area contributed by atoms with Crippen LogP contribution in [0.15, 0.2) is 54.6 Å². The van der Waals surface area contributed by atoms with E-state index in [1.165, 1.54) is 0 Å². The minimum Gasteiger partial charge on any atom is -0.385 e. The third kappa shape index (κ3) is 7.09. The van der Waals surface area contributed by atoms with Crippen LogP contribution in [0.1, 0.15) is 48.5 Å². The first-order valence-electron chi connectivity index (χ1n) is 11.5. The molecule has 0 aromatic heterocycles. The number of benzene rings is 2. The lowest BCUT2D eigenvalue weighted by molar-refractivity contribution is 0.0697. The molecule has 1 heterocycles. The van der Waals surface area contributed by atoms with Crippen LogP contribution in [0.3, 0.4) is 0 Å². The molecule has 0 saturated carbocycles. The Bertz CT molecular complexity index is 846. The molecule has 0 unspecified atom stereocenters. The van der Waals surface area contributed by atoms with Crippen molar-refractivity contribution in [3.63, 3.8) is 0 Å². The van der Waals surface area contributed by atoms with E-state index in [1.807, 2.05) is 52.3 Å². The number of nitrogens with one attached hydrogen (secondary N) is 1. The molecular weight excluding hydrogens is 402 g/mol. The van der Waals surface area contributed by atoms with E-state index in [0.717, 1.165) is 44.3 Å². The summed E-state index contributed by atoms with van der Waals surface area (Å²) in [6.07, 6.45) is 3.89.